The lowest BCUT2D eigenvalue weighted by molar-refractivity contribution is 0.0690. The van der Waals surface area contributed by atoms with Crippen molar-refractivity contribution in [2.75, 3.05) is 18.0 Å². The third-order valence-electron chi connectivity index (χ3n) is 4.36. The van der Waals surface area contributed by atoms with Crippen LogP contribution in [0, 0.1) is 23.5 Å². The highest BCUT2D eigenvalue weighted by atomic mass is 19.2. The summed E-state index contributed by atoms with van der Waals surface area (Å²) in [6.45, 7) is 1.49. The molecule has 102 valence electrons. The molecule has 0 amide bonds. The molecule has 1 heterocycles. The van der Waals surface area contributed by atoms with Gasteiger partial charge in [-0.25, -0.2) is 13.6 Å². The summed E-state index contributed by atoms with van der Waals surface area (Å²) >= 11 is 0. The maximum atomic E-state index is 14.0. The minimum atomic E-state index is -1.44. The Morgan fingerprint density at radius 2 is 1.79 bits per heavy atom. The Morgan fingerprint density at radius 1 is 1.16 bits per heavy atom. The number of hydrogen-bond acceptors (Lipinski definition) is 2. The fraction of sp³-hybridized carbons (Fsp3) is 0.500. The number of carboxylic acid groups (broad SMARTS) is 1. The summed E-state index contributed by atoms with van der Waals surface area (Å²) in [5.41, 5.74) is -0.419. The summed E-state index contributed by atoms with van der Waals surface area (Å²) in [6, 6.07) is 2.52. The Bertz CT molecular complexity index is 520. The normalized spacial score (nSPS) is 25.7. The summed E-state index contributed by atoms with van der Waals surface area (Å²) in [6.07, 6.45) is 3.52. The van der Waals surface area contributed by atoms with Gasteiger partial charge in [-0.15, -0.1) is 0 Å². The van der Waals surface area contributed by atoms with E-state index in [0.29, 0.717) is 11.8 Å². The van der Waals surface area contributed by atoms with Gasteiger partial charge >= 0.3 is 5.97 Å². The highest BCUT2D eigenvalue weighted by Crippen LogP contribution is 2.40. The molecule has 2 atom stereocenters. The fourth-order valence-electron chi connectivity index (χ4n) is 3.38. The molecule has 1 aliphatic carbocycles. The molecule has 19 heavy (non-hydrogen) atoms. The Labute approximate surface area is 109 Å². The van der Waals surface area contributed by atoms with E-state index in [-0.39, 0.29) is 5.69 Å². The number of rotatable bonds is 2. The largest absolute Gasteiger partial charge is 0.478 e. The van der Waals surface area contributed by atoms with Gasteiger partial charge in [0, 0.05) is 13.1 Å². The van der Waals surface area contributed by atoms with Crippen LogP contribution in [0.2, 0.25) is 0 Å². The summed E-state index contributed by atoms with van der Waals surface area (Å²) in [4.78, 5) is 12.6. The molecule has 0 bridgehead atoms. The van der Waals surface area contributed by atoms with Gasteiger partial charge in [0.25, 0.3) is 0 Å². The van der Waals surface area contributed by atoms with Gasteiger partial charge in [0.05, 0.1) is 11.3 Å². The van der Waals surface area contributed by atoms with E-state index in [0.717, 1.165) is 32.0 Å². The zero-order chi connectivity index (χ0) is 13.6. The van der Waals surface area contributed by atoms with Gasteiger partial charge in [0.1, 0.15) is 0 Å². The minimum Gasteiger partial charge on any atom is -0.478 e. The molecule has 1 aromatic rings. The molecule has 1 aromatic carbocycles. The second-order valence-electron chi connectivity index (χ2n) is 5.42. The molecule has 1 N–H and O–H groups in total. The average molecular weight is 267 g/mol. The predicted octanol–water partition coefficient (Wildman–Crippen LogP) is 2.90. The second kappa shape index (κ2) is 4.47. The molecule has 0 spiro atoms. The van der Waals surface area contributed by atoms with Gasteiger partial charge in [0.15, 0.2) is 11.6 Å². The van der Waals surface area contributed by atoms with Gasteiger partial charge in [-0.2, -0.15) is 0 Å². The lowest BCUT2D eigenvalue weighted by Gasteiger charge is -2.20. The number of benzene rings is 1. The highest BCUT2D eigenvalue weighted by molar-refractivity contribution is 5.88. The van der Waals surface area contributed by atoms with Gasteiger partial charge in [0.2, 0.25) is 0 Å². The van der Waals surface area contributed by atoms with Crippen molar-refractivity contribution in [3.05, 3.63) is 29.3 Å². The number of nitrogens with zero attached hydrogens (tertiary/aromatic N) is 1. The number of carbonyl (C=O) groups is 1. The van der Waals surface area contributed by atoms with E-state index in [9.17, 15) is 13.6 Å². The number of hydrogen-bond donors (Lipinski definition) is 1. The first-order valence-electron chi connectivity index (χ1n) is 6.54. The van der Waals surface area contributed by atoms with Crippen LogP contribution in [-0.4, -0.2) is 24.2 Å². The molecular formula is C14H15F2NO2. The predicted molar refractivity (Wildman–Crippen MR) is 66.4 cm³/mol. The van der Waals surface area contributed by atoms with E-state index in [4.69, 9.17) is 5.11 Å². The van der Waals surface area contributed by atoms with Crippen LogP contribution in [0.25, 0.3) is 0 Å². The number of fused-ring (bicyclic) bond motifs is 1. The molecule has 2 fully saturated rings. The highest BCUT2D eigenvalue weighted by Gasteiger charge is 2.37. The van der Waals surface area contributed by atoms with Crippen LogP contribution in [0.15, 0.2) is 12.1 Å². The maximum Gasteiger partial charge on any atom is 0.338 e. The van der Waals surface area contributed by atoms with E-state index in [2.05, 4.69) is 0 Å². The SMILES string of the molecule is O=C(O)c1ccc(N2CC3CCCC3C2)c(F)c1F. The molecule has 1 saturated carbocycles. The Morgan fingerprint density at radius 3 is 2.37 bits per heavy atom. The Kier molecular flexibility index (Phi) is 2.92. The second-order valence-corrected chi connectivity index (χ2v) is 5.42. The Balaban J connectivity index is 1.90. The Hall–Kier alpha value is -1.65. The van der Waals surface area contributed by atoms with Crippen molar-refractivity contribution in [1.29, 1.82) is 0 Å². The lowest BCUT2D eigenvalue weighted by Crippen LogP contribution is -2.22. The van der Waals surface area contributed by atoms with E-state index in [1.807, 2.05) is 4.90 Å². The van der Waals surface area contributed by atoms with Crippen molar-refractivity contribution in [3.63, 3.8) is 0 Å². The van der Waals surface area contributed by atoms with Gasteiger partial charge < -0.3 is 10.0 Å². The minimum absolute atomic E-state index is 0.192. The first-order chi connectivity index (χ1) is 9.08. The van der Waals surface area contributed by atoms with E-state index < -0.39 is 23.2 Å². The number of aromatic carboxylic acids is 1. The van der Waals surface area contributed by atoms with Crippen LogP contribution in [0.1, 0.15) is 29.6 Å². The summed E-state index contributed by atoms with van der Waals surface area (Å²) in [5, 5.41) is 8.76. The summed E-state index contributed by atoms with van der Waals surface area (Å²) < 4.78 is 27.6. The topological polar surface area (TPSA) is 40.5 Å². The zero-order valence-corrected chi connectivity index (χ0v) is 10.4. The standard InChI is InChI=1S/C14H15F2NO2/c15-12-10(14(18)19)4-5-11(13(12)16)17-6-8-2-1-3-9(8)7-17/h4-5,8-9H,1-3,6-7H2,(H,18,19). The van der Waals surface area contributed by atoms with Crippen LogP contribution in [0.4, 0.5) is 14.5 Å². The molecule has 5 heteroatoms. The first kappa shape index (κ1) is 12.4. The van der Waals surface area contributed by atoms with E-state index in [1.165, 1.54) is 12.5 Å². The molecular weight excluding hydrogens is 252 g/mol. The van der Waals surface area contributed by atoms with Crippen LogP contribution in [-0.2, 0) is 0 Å². The third-order valence-corrected chi connectivity index (χ3v) is 4.36. The van der Waals surface area contributed by atoms with Crippen LogP contribution in [0.3, 0.4) is 0 Å². The van der Waals surface area contributed by atoms with Gasteiger partial charge in [-0.3, -0.25) is 0 Å². The number of anilines is 1. The summed E-state index contributed by atoms with van der Waals surface area (Å²) in [7, 11) is 0. The maximum absolute atomic E-state index is 14.0. The molecule has 2 unspecified atom stereocenters. The smallest absolute Gasteiger partial charge is 0.338 e. The van der Waals surface area contributed by atoms with Crippen LogP contribution >= 0.6 is 0 Å². The zero-order valence-electron chi connectivity index (χ0n) is 10.4. The van der Waals surface area contributed by atoms with Crippen molar-refractivity contribution in [2.45, 2.75) is 19.3 Å². The molecule has 0 aromatic heterocycles. The number of halogens is 2. The average Bonchev–Trinajstić information content (AvgIpc) is 2.92. The number of carboxylic acids is 1. The molecule has 1 saturated heterocycles. The van der Waals surface area contributed by atoms with Gasteiger partial charge in [-0.05, 0) is 36.8 Å². The first-order valence-corrected chi connectivity index (χ1v) is 6.54. The van der Waals surface area contributed by atoms with Crippen molar-refractivity contribution in [1.82, 2.24) is 0 Å². The third kappa shape index (κ3) is 1.97. The van der Waals surface area contributed by atoms with E-state index >= 15 is 0 Å². The fourth-order valence-corrected chi connectivity index (χ4v) is 3.38. The van der Waals surface area contributed by atoms with Crippen LogP contribution in [0.5, 0.6) is 0 Å². The van der Waals surface area contributed by atoms with Crippen LogP contribution < -0.4 is 4.90 Å². The monoisotopic (exact) mass is 267 g/mol. The molecule has 2 aliphatic rings. The van der Waals surface area contributed by atoms with Crippen molar-refractivity contribution in [3.8, 4) is 0 Å². The molecule has 3 rings (SSSR count). The molecule has 0 radical (unpaired) electrons. The van der Waals surface area contributed by atoms with Crippen molar-refractivity contribution in [2.24, 2.45) is 11.8 Å². The summed E-state index contributed by atoms with van der Waals surface area (Å²) in [5.74, 6) is -2.61. The molecule has 3 nitrogen and oxygen atoms in total. The molecule has 1 aliphatic heterocycles. The van der Waals surface area contributed by atoms with E-state index in [1.54, 1.807) is 0 Å². The quantitative estimate of drug-likeness (QED) is 0.895. The van der Waals surface area contributed by atoms with Gasteiger partial charge in [-0.1, -0.05) is 6.42 Å². The lowest BCUT2D eigenvalue weighted by atomic mass is 10.0. The van der Waals surface area contributed by atoms with Crippen molar-refractivity contribution >= 4 is 11.7 Å². The van der Waals surface area contributed by atoms with Crippen molar-refractivity contribution < 1.29 is 18.7 Å².